The minimum absolute atomic E-state index is 0.262. The minimum Gasteiger partial charge on any atom is -0.299 e. The second-order valence-corrected chi connectivity index (χ2v) is 7.21. The van der Waals surface area contributed by atoms with Crippen LogP contribution >= 0.6 is 0 Å². The molecule has 0 aromatic heterocycles. The zero-order valence-electron chi connectivity index (χ0n) is 18.0. The molecule has 30 heavy (non-hydrogen) atoms. The largest absolute Gasteiger partial charge is 0.299 e. The van der Waals surface area contributed by atoms with E-state index < -0.39 is 0 Å². The molecule has 0 bridgehead atoms. The van der Waals surface area contributed by atoms with E-state index >= 15 is 0 Å². The van der Waals surface area contributed by atoms with Gasteiger partial charge in [-0.25, -0.2) is 0 Å². The van der Waals surface area contributed by atoms with E-state index in [4.69, 9.17) is 0 Å². The van der Waals surface area contributed by atoms with Crippen molar-refractivity contribution in [1.29, 1.82) is 0 Å². The molecule has 0 heterocycles. The monoisotopic (exact) mass is 394 g/mol. The summed E-state index contributed by atoms with van der Waals surface area (Å²) in [6, 6.07) is 28.9. The van der Waals surface area contributed by atoms with Gasteiger partial charge in [-0.15, -0.1) is 0 Å². The van der Waals surface area contributed by atoms with Crippen LogP contribution in [0.5, 0.6) is 0 Å². The molecular formula is C29H30O. The van der Waals surface area contributed by atoms with E-state index in [0.29, 0.717) is 12.8 Å². The summed E-state index contributed by atoms with van der Waals surface area (Å²) >= 11 is 0. The Morgan fingerprint density at radius 2 is 1.23 bits per heavy atom. The van der Waals surface area contributed by atoms with E-state index in [1.807, 2.05) is 50.2 Å². The molecule has 0 spiro atoms. The summed E-state index contributed by atoms with van der Waals surface area (Å²) in [7, 11) is 0. The topological polar surface area (TPSA) is 17.1 Å². The molecule has 0 saturated heterocycles. The predicted octanol–water partition coefficient (Wildman–Crippen LogP) is 7.69. The fourth-order valence-corrected chi connectivity index (χ4v) is 3.88. The second kappa shape index (κ2) is 11.1. The van der Waals surface area contributed by atoms with E-state index in [9.17, 15) is 4.79 Å². The quantitative estimate of drug-likeness (QED) is 0.419. The van der Waals surface area contributed by atoms with Crippen molar-refractivity contribution in [3.63, 3.8) is 0 Å². The molecule has 0 unspecified atom stereocenters. The van der Waals surface area contributed by atoms with Crippen molar-refractivity contribution in [2.45, 2.75) is 39.5 Å². The van der Waals surface area contributed by atoms with Crippen molar-refractivity contribution in [2.75, 3.05) is 0 Å². The number of carbonyl (C=O) groups is 1. The lowest BCUT2D eigenvalue weighted by molar-refractivity contribution is -0.117. The Labute approximate surface area is 180 Å². The smallest absolute Gasteiger partial charge is 0.141 e. The van der Waals surface area contributed by atoms with Gasteiger partial charge in [-0.2, -0.15) is 0 Å². The average Bonchev–Trinajstić information content (AvgIpc) is 2.82. The predicted molar refractivity (Wildman–Crippen MR) is 128 cm³/mol. The molecule has 1 aliphatic carbocycles. The standard InChI is InChI=1S/C27H24O.C2H6/c28-25(19-23-15-7-9-17-26(23)21-11-3-1-4-12-21)20-24-16-8-10-18-27(24)22-13-5-2-6-14-22;1-2/h1-7,9,11-18H,8,10,19-20H2;1-2H3. The highest BCUT2D eigenvalue weighted by Gasteiger charge is 2.16. The molecule has 1 heteroatoms. The normalized spacial score (nSPS) is 12.9. The highest BCUT2D eigenvalue weighted by atomic mass is 16.1. The van der Waals surface area contributed by atoms with Gasteiger partial charge in [0.05, 0.1) is 0 Å². The molecule has 0 fully saturated rings. The lowest BCUT2D eigenvalue weighted by atomic mass is 9.87. The molecule has 0 aliphatic heterocycles. The molecule has 152 valence electrons. The summed E-state index contributed by atoms with van der Waals surface area (Å²) < 4.78 is 0. The number of rotatable bonds is 6. The average molecular weight is 395 g/mol. The lowest BCUT2D eigenvalue weighted by Crippen LogP contribution is -2.07. The SMILES string of the molecule is CC.O=C(CC1=CCCC=C1c1ccccc1)Cc1ccccc1-c1ccccc1. The number of hydrogen-bond donors (Lipinski definition) is 0. The van der Waals surface area contributed by atoms with E-state index in [0.717, 1.165) is 29.5 Å². The summed E-state index contributed by atoms with van der Waals surface area (Å²) in [6.07, 6.45) is 7.52. The van der Waals surface area contributed by atoms with Crippen molar-refractivity contribution in [3.8, 4) is 11.1 Å². The molecule has 0 N–H and O–H groups in total. The van der Waals surface area contributed by atoms with Gasteiger partial charge in [0, 0.05) is 12.8 Å². The number of carbonyl (C=O) groups excluding carboxylic acids is 1. The molecule has 0 atom stereocenters. The Morgan fingerprint density at radius 3 is 1.93 bits per heavy atom. The summed E-state index contributed by atoms with van der Waals surface area (Å²) in [5.41, 5.74) is 6.99. The van der Waals surface area contributed by atoms with Gasteiger partial charge in [-0.05, 0) is 46.2 Å². The third-order valence-corrected chi connectivity index (χ3v) is 5.21. The maximum atomic E-state index is 13.0. The Balaban J connectivity index is 0.00000124. The van der Waals surface area contributed by atoms with Gasteiger partial charge < -0.3 is 0 Å². The molecule has 1 nitrogen and oxygen atoms in total. The van der Waals surface area contributed by atoms with Gasteiger partial charge in [0.15, 0.2) is 0 Å². The van der Waals surface area contributed by atoms with Gasteiger partial charge in [-0.1, -0.05) is 111 Å². The van der Waals surface area contributed by atoms with Gasteiger partial charge in [0.2, 0.25) is 0 Å². The molecule has 4 rings (SSSR count). The highest BCUT2D eigenvalue weighted by Crippen LogP contribution is 2.31. The molecular weight excluding hydrogens is 364 g/mol. The number of Topliss-reactive ketones (excluding diaryl/α,β-unsaturated/α-hetero) is 1. The van der Waals surface area contributed by atoms with Crippen LogP contribution in [0.2, 0.25) is 0 Å². The maximum absolute atomic E-state index is 13.0. The van der Waals surface area contributed by atoms with Crippen LogP contribution in [0.3, 0.4) is 0 Å². The van der Waals surface area contributed by atoms with Gasteiger partial charge in [0.25, 0.3) is 0 Å². The van der Waals surface area contributed by atoms with Crippen molar-refractivity contribution < 1.29 is 4.79 Å². The van der Waals surface area contributed by atoms with E-state index in [1.54, 1.807) is 0 Å². The number of benzene rings is 3. The fourth-order valence-electron chi connectivity index (χ4n) is 3.88. The van der Waals surface area contributed by atoms with Gasteiger partial charge in [0.1, 0.15) is 5.78 Å². The molecule has 1 aliphatic rings. The van der Waals surface area contributed by atoms with Crippen LogP contribution in [-0.2, 0) is 11.2 Å². The highest BCUT2D eigenvalue weighted by molar-refractivity contribution is 5.91. The molecule has 3 aromatic carbocycles. The zero-order valence-corrected chi connectivity index (χ0v) is 18.0. The van der Waals surface area contributed by atoms with Crippen LogP contribution < -0.4 is 0 Å². The molecule has 0 saturated carbocycles. The van der Waals surface area contributed by atoms with E-state index in [1.165, 1.54) is 16.7 Å². The third kappa shape index (κ3) is 5.45. The number of hydrogen-bond acceptors (Lipinski definition) is 1. The summed E-state index contributed by atoms with van der Waals surface area (Å²) in [6.45, 7) is 4.00. The minimum atomic E-state index is 0.262. The summed E-state index contributed by atoms with van der Waals surface area (Å²) in [4.78, 5) is 13.0. The van der Waals surface area contributed by atoms with Crippen LogP contribution in [0.25, 0.3) is 16.7 Å². The Hall–Kier alpha value is -3.19. The van der Waals surface area contributed by atoms with Crippen molar-refractivity contribution in [1.82, 2.24) is 0 Å². The lowest BCUT2D eigenvalue weighted by Gasteiger charge is -2.17. The summed E-state index contributed by atoms with van der Waals surface area (Å²) in [5.74, 6) is 0.262. The number of allylic oxidation sites excluding steroid dienone is 4. The van der Waals surface area contributed by atoms with Gasteiger partial charge >= 0.3 is 0 Å². The molecule has 0 radical (unpaired) electrons. The molecule has 0 amide bonds. The number of ketones is 1. The zero-order chi connectivity index (χ0) is 21.2. The first-order valence-electron chi connectivity index (χ1n) is 10.9. The van der Waals surface area contributed by atoms with Crippen molar-refractivity contribution >= 4 is 11.4 Å². The molecule has 3 aromatic rings. The fraction of sp³-hybridized carbons (Fsp3) is 0.207. The second-order valence-electron chi connectivity index (χ2n) is 7.21. The maximum Gasteiger partial charge on any atom is 0.141 e. The van der Waals surface area contributed by atoms with Crippen LogP contribution in [0.4, 0.5) is 0 Å². The Kier molecular flexibility index (Phi) is 7.97. The van der Waals surface area contributed by atoms with E-state index in [2.05, 4.69) is 60.7 Å². The summed E-state index contributed by atoms with van der Waals surface area (Å²) in [5, 5.41) is 0. The van der Waals surface area contributed by atoms with Crippen LogP contribution in [0.15, 0.2) is 103 Å². The Bertz CT molecular complexity index is 1010. The first kappa shape index (κ1) is 21.5. The van der Waals surface area contributed by atoms with Crippen LogP contribution in [0.1, 0.15) is 44.2 Å². The Morgan fingerprint density at radius 1 is 0.667 bits per heavy atom. The van der Waals surface area contributed by atoms with Crippen molar-refractivity contribution in [3.05, 3.63) is 114 Å². The van der Waals surface area contributed by atoms with Gasteiger partial charge in [-0.3, -0.25) is 4.79 Å². The first-order chi connectivity index (χ1) is 14.8. The van der Waals surface area contributed by atoms with Crippen molar-refractivity contribution in [2.24, 2.45) is 0 Å². The third-order valence-electron chi connectivity index (χ3n) is 5.21. The van der Waals surface area contributed by atoms with E-state index in [-0.39, 0.29) is 5.78 Å². The van der Waals surface area contributed by atoms with Crippen LogP contribution in [0, 0.1) is 0 Å². The first-order valence-corrected chi connectivity index (χ1v) is 10.9. The van der Waals surface area contributed by atoms with Crippen LogP contribution in [-0.4, -0.2) is 5.78 Å².